The largest absolute Gasteiger partial charge is 0.379 e. The lowest BCUT2D eigenvalue weighted by Crippen LogP contribution is -2.44. The van der Waals surface area contributed by atoms with Gasteiger partial charge in [0.2, 0.25) is 5.91 Å². The minimum Gasteiger partial charge on any atom is -0.379 e. The first-order chi connectivity index (χ1) is 13.6. The van der Waals surface area contributed by atoms with Gasteiger partial charge in [0, 0.05) is 53.5 Å². The van der Waals surface area contributed by atoms with E-state index < -0.39 is 0 Å². The van der Waals surface area contributed by atoms with Crippen molar-refractivity contribution in [3.05, 3.63) is 0 Å². The summed E-state index contributed by atoms with van der Waals surface area (Å²) >= 11 is 0. The van der Waals surface area contributed by atoms with E-state index in [1.54, 1.807) is 4.90 Å². The summed E-state index contributed by atoms with van der Waals surface area (Å²) in [5.74, 6) is 1.08. The summed E-state index contributed by atoms with van der Waals surface area (Å²) in [5, 5.41) is 6.69. The van der Waals surface area contributed by atoms with Crippen LogP contribution in [0.5, 0.6) is 0 Å². The Morgan fingerprint density at radius 2 is 2.14 bits per heavy atom. The average Bonchev–Trinajstić information content (AvgIpc) is 3.35. The second-order valence-electron chi connectivity index (χ2n) is 7.68. The number of ether oxygens (including phenoxy) is 2. The molecule has 0 spiro atoms. The van der Waals surface area contributed by atoms with Gasteiger partial charge < -0.3 is 25.0 Å². The van der Waals surface area contributed by atoms with Crippen molar-refractivity contribution in [2.45, 2.75) is 51.2 Å². The Bertz CT molecular complexity index is 480. The van der Waals surface area contributed by atoms with Crippen LogP contribution in [0.15, 0.2) is 4.99 Å². The number of amides is 1. The van der Waals surface area contributed by atoms with E-state index in [-0.39, 0.29) is 18.1 Å². The lowest BCUT2D eigenvalue weighted by molar-refractivity contribution is -0.133. The van der Waals surface area contributed by atoms with Crippen LogP contribution in [0.3, 0.4) is 0 Å². The predicted molar refractivity (Wildman–Crippen MR) is 112 cm³/mol. The van der Waals surface area contributed by atoms with Gasteiger partial charge in [-0.1, -0.05) is 0 Å². The van der Waals surface area contributed by atoms with Crippen LogP contribution in [-0.2, 0) is 14.3 Å². The first-order valence-corrected chi connectivity index (χ1v) is 10.8. The number of likely N-dealkylation sites (N-methyl/N-ethyl adjacent to an activating group) is 1. The maximum absolute atomic E-state index is 12.3. The zero-order valence-electron chi connectivity index (χ0n) is 17.9. The number of nitrogens with one attached hydrogen (secondary N) is 2. The van der Waals surface area contributed by atoms with Crippen molar-refractivity contribution in [3.63, 3.8) is 0 Å². The van der Waals surface area contributed by atoms with Crippen molar-refractivity contribution in [3.8, 4) is 0 Å². The van der Waals surface area contributed by atoms with Gasteiger partial charge in [0.1, 0.15) is 0 Å². The van der Waals surface area contributed by atoms with Gasteiger partial charge >= 0.3 is 0 Å². The Kier molecular flexibility index (Phi) is 10.6. The number of carbonyl (C=O) groups is 1. The van der Waals surface area contributed by atoms with E-state index in [9.17, 15) is 4.79 Å². The van der Waals surface area contributed by atoms with Crippen LogP contribution in [0.1, 0.15) is 39.0 Å². The Balaban J connectivity index is 1.61. The average molecular weight is 398 g/mol. The van der Waals surface area contributed by atoms with Crippen molar-refractivity contribution in [1.29, 1.82) is 0 Å². The molecule has 2 heterocycles. The molecule has 8 heteroatoms. The minimum absolute atomic E-state index is 0.0576. The summed E-state index contributed by atoms with van der Waals surface area (Å²) in [5.41, 5.74) is 0. The Morgan fingerprint density at radius 1 is 1.29 bits per heavy atom. The zero-order chi connectivity index (χ0) is 20.2. The Hall–Kier alpha value is -1.38. The van der Waals surface area contributed by atoms with Crippen molar-refractivity contribution < 1.29 is 14.3 Å². The number of likely N-dealkylation sites (tertiary alicyclic amines) is 1. The number of hydrogen-bond acceptors (Lipinski definition) is 5. The molecule has 2 rings (SSSR count). The van der Waals surface area contributed by atoms with Crippen molar-refractivity contribution in [2.24, 2.45) is 4.99 Å². The summed E-state index contributed by atoms with van der Waals surface area (Å²) in [6.45, 7) is 8.74. The highest BCUT2D eigenvalue weighted by molar-refractivity contribution is 5.81. The molecule has 0 aromatic heterocycles. The summed E-state index contributed by atoms with van der Waals surface area (Å²) in [7, 11) is 3.68. The van der Waals surface area contributed by atoms with Gasteiger partial charge in [-0.2, -0.15) is 0 Å². The SMILES string of the molecule is CCNC(=NCCCOC1CCOC1)NCCCN1CCCC1C(=O)N(C)C. The minimum atomic E-state index is 0.0576. The smallest absolute Gasteiger partial charge is 0.239 e. The molecule has 2 unspecified atom stereocenters. The maximum atomic E-state index is 12.3. The molecule has 2 N–H and O–H groups in total. The molecule has 162 valence electrons. The number of aliphatic imine (C=N–C) groups is 1. The molecule has 0 saturated carbocycles. The first kappa shape index (κ1) is 22.9. The second-order valence-corrected chi connectivity index (χ2v) is 7.68. The van der Waals surface area contributed by atoms with E-state index in [1.165, 1.54) is 0 Å². The van der Waals surface area contributed by atoms with Crippen LogP contribution in [0.4, 0.5) is 0 Å². The van der Waals surface area contributed by atoms with Gasteiger partial charge in [0.15, 0.2) is 5.96 Å². The van der Waals surface area contributed by atoms with Crippen LogP contribution in [0.25, 0.3) is 0 Å². The third-order valence-corrected chi connectivity index (χ3v) is 5.16. The van der Waals surface area contributed by atoms with Crippen LogP contribution < -0.4 is 10.6 Å². The van der Waals surface area contributed by atoms with Gasteiger partial charge in [-0.05, 0) is 45.6 Å². The highest BCUT2D eigenvalue weighted by atomic mass is 16.5. The van der Waals surface area contributed by atoms with E-state index in [2.05, 4.69) is 27.4 Å². The van der Waals surface area contributed by atoms with Crippen LogP contribution in [0, 0.1) is 0 Å². The molecule has 1 amide bonds. The number of carbonyl (C=O) groups excluding carboxylic acids is 1. The lowest BCUT2D eigenvalue weighted by atomic mass is 10.2. The summed E-state index contributed by atoms with van der Waals surface area (Å²) in [6, 6.07) is 0.0576. The van der Waals surface area contributed by atoms with E-state index in [4.69, 9.17) is 9.47 Å². The molecule has 0 bridgehead atoms. The normalized spacial score (nSPS) is 23.2. The van der Waals surface area contributed by atoms with Gasteiger partial charge in [0.05, 0.1) is 18.8 Å². The number of guanidine groups is 1. The molecule has 0 aromatic rings. The van der Waals surface area contributed by atoms with Gasteiger partial charge in [-0.15, -0.1) is 0 Å². The highest BCUT2D eigenvalue weighted by Crippen LogP contribution is 2.18. The lowest BCUT2D eigenvalue weighted by Gasteiger charge is -2.26. The fraction of sp³-hybridized carbons (Fsp3) is 0.900. The molecule has 0 aromatic carbocycles. The van der Waals surface area contributed by atoms with Crippen molar-refractivity contribution in [1.82, 2.24) is 20.4 Å². The molecular weight excluding hydrogens is 358 g/mol. The fourth-order valence-electron chi connectivity index (χ4n) is 3.65. The third kappa shape index (κ3) is 7.93. The van der Waals surface area contributed by atoms with Crippen LogP contribution in [0.2, 0.25) is 0 Å². The van der Waals surface area contributed by atoms with Crippen LogP contribution in [-0.4, -0.2) is 100 Å². The van der Waals surface area contributed by atoms with E-state index in [0.29, 0.717) is 0 Å². The maximum Gasteiger partial charge on any atom is 0.239 e. The molecule has 2 saturated heterocycles. The van der Waals surface area contributed by atoms with E-state index in [0.717, 1.165) is 90.6 Å². The molecule has 2 atom stereocenters. The van der Waals surface area contributed by atoms with Gasteiger partial charge in [-0.3, -0.25) is 14.7 Å². The number of hydrogen-bond donors (Lipinski definition) is 2. The summed E-state index contributed by atoms with van der Waals surface area (Å²) in [4.78, 5) is 20.9. The standard InChI is InChI=1S/C20H39N5O3/c1-4-21-20(23-11-7-14-28-17-9-15-27-16-17)22-10-6-13-25-12-5-8-18(25)19(26)24(2)3/h17-18H,4-16H2,1-3H3,(H2,21,22,23). The third-order valence-electron chi connectivity index (χ3n) is 5.16. The van der Waals surface area contributed by atoms with Crippen molar-refractivity contribution in [2.75, 3.05) is 66.6 Å². The highest BCUT2D eigenvalue weighted by Gasteiger charge is 2.30. The number of rotatable bonds is 11. The van der Waals surface area contributed by atoms with Crippen LogP contribution >= 0.6 is 0 Å². The topological polar surface area (TPSA) is 78.4 Å². The van der Waals surface area contributed by atoms with E-state index >= 15 is 0 Å². The molecule has 2 fully saturated rings. The van der Waals surface area contributed by atoms with Gasteiger partial charge in [-0.25, -0.2) is 0 Å². The van der Waals surface area contributed by atoms with E-state index in [1.807, 2.05) is 14.1 Å². The molecule has 0 radical (unpaired) electrons. The molecule has 28 heavy (non-hydrogen) atoms. The summed E-state index contributed by atoms with van der Waals surface area (Å²) < 4.78 is 11.1. The quantitative estimate of drug-likeness (QED) is 0.303. The number of nitrogens with zero attached hydrogens (tertiary/aromatic N) is 3. The molecule has 2 aliphatic heterocycles. The molecule has 2 aliphatic rings. The monoisotopic (exact) mass is 397 g/mol. The summed E-state index contributed by atoms with van der Waals surface area (Å²) in [6.07, 6.45) is 5.26. The Morgan fingerprint density at radius 3 is 2.86 bits per heavy atom. The second kappa shape index (κ2) is 13.0. The fourth-order valence-corrected chi connectivity index (χ4v) is 3.65. The first-order valence-electron chi connectivity index (χ1n) is 10.8. The molecule has 8 nitrogen and oxygen atoms in total. The molecular formula is C20H39N5O3. The predicted octanol–water partition coefficient (Wildman–Crippen LogP) is 0.680. The van der Waals surface area contributed by atoms with Crippen molar-refractivity contribution >= 4 is 11.9 Å². The zero-order valence-corrected chi connectivity index (χ0v) is 17.9. The van der Waals surface area contributed by atoms with Gasteiger partial charge in [0.25, 0.3) is 0 Å². The Labute approximate surface area is 170 Å². The molecule has 0 aliphatic carbocycles.